The van der Waals surface area contributed by atoms with Crippen molar-refractivity contribution in [1.29, 1.82) is 0 Å². The van der Waals surface area contributed by atoms with Crippen LogP contribution in [0.15, 0.2) is 65.7 Å². The molecule has 2 aromatic carbocycles. The molecule has 4 saturated heterocycles. The van der Waals surface area contributed by atoms with Crippen molar-refractivity contribution >= 4 is 38.6 Å². The number of sulfonamides is 1. The van der Waals surface area contributed by atoms with Crippen molar-refractivity contribution in [3.05, 3.63) is 76.5 Å². The zero-order chi connectivity index (χ0) is 29.9. The predicted molar refractivity (Wildman–Crippen MR) is 153 cm³/mol. The van der Waals surface area contributed by atoms with Gasteiger partial charge in [0.2, 0.25) is 10.0 Å². The molecular weight excluding hydrogens is 576 g/mol. The lowest BCUT2D eigenvalue weighted by Gasteiger charge is -2.32. The van der Waals surface area contributed by atoms with Crippen molar-refractivity contribution in [1.82, 2.24) is 24.0 Å². The van der Waals surface area contributed by atoms with Gasteiger partial charge < -0.3 is 9.64 Å². The Morgan fingerprint density at radius 2 is 1.77 bits per heavy atom. The number of morpholine rings is 1. The molecule has 1 unspecified atom stereocenters. The molecule has 4 aliphatic heterocycles. The van der Waals surface area contributed by atoms with Crippen LogP contribution >= 0.6 is 0 Å². The number of imide groups is 1. The minimum Gasteiger partial charge on any atom is -0.379 e. The highest BCUT2D eigenvalue weighted by atomic mass is 32.2. The van der Waals surface area contributed by atoms with Crippen LogP contribution in [0.25, 0.3) is 10.9 Å². The molecule has 7 rings (SSSR count). The molecule has 13 nitrogen and oxygen atoms in total. The fourth-order valence-electron chi connectivity index (χ4n) is 7.24. The molecule has 224 valence electrons. The average Bonchev–Trinajstić information content (AvgIpc) is 3.62. The van der Waals surface area contributed by atoms with E-state index in [4.69, 9.17) is 4.74 Å². The maximum absolute atomic E-state index is 14.4. The molecule has 4 fully saturated rings. The minimum atomic E-state index is -4.35. The van der Waals surface area contributed by atoms with Crippen molar-refractivity contribution in [3.8, 4) is 0 Å². The fraction of sp³-hybridized carbons (Fsp3) is 0.414. The molecule has 1 aromatic heterocycles. The first kappa shape index (κ1) is 27.8. The van der Waals surface area contributed by atoms with E-state index in [0.29, 0.717) is 39.3 Å². The Balaban J connectivity index is 1.28. The molecule has 3 amide bonds. The topological polar surface area (TPSA) is 146 Å². The van der Waals surface area contributed by atoms with Crippen LogP contribution in [-0.2, 0) is 19.6 Å². The van der Waals surface area contributed by atoms with E-state index in [1.165, 1.54) is 23.1 Å². The summed E-state index contributed by atoms with van der Waals surface area (Å²) in [6.45, 7) is 2.89. The van der Waals surface area contributed by atoms with Gasteiger partial charge in [-0.3, -0.25) is 29.7 Å². The molecule has 43 heavy (non-hydrogen) atoms. The van der Waals surface area contributed by atoms with E-state index in [2.05, 4.69) is 9.88 Å². The predicted octanol–water partition coefficient (Wildman–Crippen LogP) is 2.24. The Labute approximate surface area is 247 Å². The molecule has 4 aliphatic rings. The van der Waals surface area contributed by atoms with Crippen molar-refractivity contribution in [3.63, 3.8) is 0 Å². The van der Waals surface area contributed by atoms with Crippen molar-refractivity contribution in [2.24, 2.45) is 5.92 Å². The van der Waals surface area contributed by atoms with Crippen molar-refractivity contribution < 1.29 is 27.7 Å². The van der Waals surface area contributed by atoms with Gasteiger partial charge in [-0.1, -0.05) is 30.3 Å². The highest BCUT2D eigenvalue weighted by molar-refractivity contribution is 7.89. The number of rotatable bonds is 7. The summed E-state index contributed by atoms with van der Waals surface area (Å²) >= 11 is 0. The van der Waals surface area contributed by atoms with E-state index in [9.17, 15) is 28.1 Å². The fourth-order valence-corrected chi connectivity index (χ4v) is 8.92. The highest BCUT2D eigenvalue weighted by Gasteiger charge is 2.71. The number of fused-ring (bicyclic) bond motifs is 1. The number of hydrogen-bond donors (Lipinski definition) is 0. The summed E-state index contributed by atoms with van der Waals surface area (Å²) < 4.78 is 34.3. The number of nitrogens with zero attached hydrogens (tertiary/aromatic N) is 6. The number of amides is 3. The summed E-state index contributed by atoms with van der Waals surface area (Å²) in [5.41, 5.74) is -0.346. The standard InChI is InChI=1S/C29H30N6O7S/c36-27-29-19-32(43(40,41)26-8-4-3-7-24(26)35(38)39)18-20(29)17-25(22-9-10-30-23-6-2-1-5-21(22)23)34(29)28(37)33(27)12-11-31-13-15-42-16-14-31/h1-10,20,25H,11-19H2/t20-,25-,29?/m0/s1. The minimum absolute atomic E-state index is 0.0410. The average molecular weight is 607 g/mol. The van der Waals surface area contributed by atoms with Crippen LogP contribution in [-0.4, -0.2) is 107 Å². The van der Waals surface area contributed by atoms with Gasteiger partial charge in [0.25, 0.3) is 11.6 Å². The number of pyridine rings is 1. The van der Waals surface area contributed by atoms with Crippen LogP contribution in [0.5, 0.6) is 0 Å². The molecule has 1 spiro atoms. The van der Waals surface area contributed by atoms with E-state index in [1.54, 1.807) is 11.1 Å². The number of urea groups is 1. The second kappa shape index (κ2) is 10.3. The number of carbonyl (C=O) groups excluding carboxylic acids is 2. The number of hydrogen-bond acceptors (Lipinski definition) is 9. The van der Waals surface area contributed by atoms with Crippen LogP contribution in [0.3, 0.4) is 0 Å². The van der Waals surface area contributed by atoms with Gasteiger partial charge in [-0.05, 0) is 30.2 Å². The number of ether oxygens (including phenoxy) is 1. The Morgan fingerprint density at radius 3 is 2.56 bits per heavy atom. The summed E-state index contributed by atoms with van der Waals surface area (Å²) in [5, 5.41) is 12.6. The smallest absolute Gasteiger partial charge is 0.328 e. The Kier molecular flexibility index (Phi) is 6.69. The van der Waals surface area contributed by atoms with Crippen LogP contribution in [0.1, 0.15) is 18.0 Å². The SMILES string of the molecule is O=C1N(CCN2CCOCC2)C(=O)C23CN(S(=O)(=O)c4ccccc4[N+](=O)[O-])C[C@@H]2C[C@@H](c2ccnc4ccccc24)N13. The largest absolute Gasteiger partial charge is 0.379 e. The summed E-state index contributed by atoms with van der Waals surface area (Å²) in [5.74, 6) is -0.927. The van der Waals surface area contributed by atoms with Gasteiger partial charge in [-0.2, -0.15) is 4.31 Å². The molecule has 14 heteroatoms. The Hall–Kier alpha value is -3.98. The maximum Gasteiger partial charge on any atom is 0.328 e. The normalized spacial score (nSPS) is 26.3. The molecule has 0 saturated carbocycles. The third kappa shape index (κ3) is 4.23. The lowest BCUT2D eigenvalue weighted by molar-refractivity contribution is -0.387. The first-order valence-electron chi connectivity index (χ1n) is 14.3. The van der Waals surface area contributed by atoms with Crippen LogP contribution in [0.2, 0.25) is 0 Å². The number of benzene rings is 2. The number of para-hydroxylation sites is 2. The van der Waals surface area contributed by atoms with E-state index in [-0.39, 0.29) is 19.6 Å². The zero-order valence-corrected chi connectivity index (χ0v) is 24.1. The second-order valence-electron chi connectivity index (χ2n) is 11.4. The van der Waals surface area contributed by atoms with Gasteiger partial charge in [-0.25, -0.2) is 13.2 Å². The Morgan fingerprint density at radius 1 is 1.02 bits per heavy atom. The van der Waals surface area contributed by atoms with Crippen LogP contribution in [0, 0.1) is 16.0 Å². The lowest BCUT2D eigenvalue weighted by Crippen LogP contribution is -2.52. The molecule has 3 aromatic rings. The van der Waals surface area contributed by atoms with Crippen molar-refractivity contribution in [2.75, 3.05) is 52.5 Å². The number of carbonyl (C=O) groups is 2. The molecule has 5 heterocycles. The number of nitro groups is 1. The van der Waals surface area contributed by atoms with E-state index >= 15 is 0 Å². The molecule has 0 bridgehead atoms. The molecule has 0 aliphatic carbocycles. The van der Waals surface area contributed by atoms with Crippen LogP contribution in [0.4, 0.5) is 10.5 Å². The van der Waals surface area contributed by atoms with Gasteiger partial charge >= 0.3 is 6.03 Å². The quantitative estimate of drug-likeness (QED) is 0.224. The van der Waals surface area contributed by atoms with Gasteiger partial charge in [0.15, 0.2) is 4.90 Å². The lowest BCUT2D eigenvalue weighted by atomic mass is 9.87. The van der Waals surface area contributed by atoms with Gasteiger partial charge in [0, 0.05) is 62.8 Å². The molecule has 3 atom stereocenters. The third-order valence-electron chi connectivity index (χ3n) is 9.28. The first-order chi connectivity index (χ1) is 20.7. The molecule has 0 N–H and O–H groups in total. The monoisotopic (exact) mass is 606 g/mol. The highest BCUT2D eigenvalue weighted by Crippen LogP contribution is 2.56. The van der Waals surface area contributed by atoms with E-state index in [1.807, 2.05) is 30.3 Å². The van der Waals surface area contributed by atoms with Crippen molar-refractivity contribution in [2.45, 2.75) is 22.9 Å². The van der Waals surface area contributed by atoms with E-state index in [0.717, 1.165) is 26.8 Å². The van der Waals surface area contributed by atoms with E-state index < -0.39 is 55.0 Å². The number of nitro benzene ring substituents is 1. The van der Waals surface area contributed by atoms with Gasteiger partial charge in [-0.15, -0.1) is 0 Å². The summed E-state index contributed by atoms with van der Waals surface area (Å²) in [4.78, 5) is 48.6. The Bertz CT molecular complexity index is 1740. The zero-order valence-electron chi connectivity index (χ0n) is 23.2. The summed E-state index contributed by atoms with van der Waals surface area (Å²) in [7, 11) is -4.35. The van der Waals surface area contributed by atoms with Gasteiger partial charge in [0.05, 0.1) is 29.7 Å². The van der Waals surface area contributed by atoms with Crippen LogP contribution < -0.4 is 0 Å². The molecular formula is C29H30N6O7S. The number of aromatic nitrogens is 1. The van der Waals surface area contributed by atoms with Gasteiger partial charge in [0.1, 0.15) is 5.54 Å². The second-order valence-corrected chi connectivity index (χ2v) is 13.3. The summed E-state index contributed by atoms with van der Waals surface area (Å²) in [6.07, 6.45) is 2.05. The maximum atomic E-state index is 14.4. The molecule has 0 radical (unpaired) electrons. The first-order valence-corrected chi connectivity index (χ1v) is 15.7. The summed E-state index contributed by atoms with van der Waals surface area (Å²) in [6, 6.07) is 13.7. The third-order valence-corrected chi connectivity index (χ3v) is 11.1.